The SMILES string of the molecule is CC1=C(C(C)(c2ccccc2)c2ccccc2)CC=[C]1[Ti+3].[Cl-].[Cl-].[Cl-]. The van der Waals surface area contributed by atoms with E-state index in [1.807, 2.05) is 0 Å². The third kappa shape index (κ3) is 4.18. The van der Waals surface area contributed by atoms with Crippen molar-refractivity contribution in [2.24, 2.45) is 0 Å². The molecule has 0 fully saturated rings. The Kier molecular flexibility index (Phi) is 9.65. The minimum Gasteiger partial charge on any atom is -1.00 e. The maximum absolute atomic E-state index is 2.36. The molecule has 0 atom stereocenters. The molecule has 1 aliphatic carbocycles. The molecule has 0 aliphatic heterocycles. The first kappa shape index (κ1) is 23.5. The Bertz CT molecular complexity index is 667. The molecule has 3 rings (SSSR count). The molecule has 0 spiro atoms. The van der Waals surface area contributed by atoms with Crippen molar-refractivity contribution in [1.82, 2.24) is 0 Å². The first-order chi connectivity index (χ1) is 10.1. The van der Waals surface area contributed by atoms with Crippen LogP contribution < -0.4 is 37.2 Å². The van der Waals surface area contributed by atoms with E-state index in [2.05, 4.69) is 101 Å². The van der Waals surface area contributed by atoms with E-state index in [0.29, 0.717) is 0 Å². The first-order valence-corrected chi connectivity index (χ1v) is 8.15. The van der Waals surface area contributed by atoms with Crippen molar-refractivity contribution in [3.63, 3.8) is 0 Å². The quantitative estimate of drug-likeness (QED) is 0.452. The standard InChI is InChI=1S/C20H19.3ClH.Ti/c1-16-10-9-15-19(16)20(2,17-11-5-3-6-12-17)18-13-7-4-8-14-18;;;;/h3-9,11-14H,15H2,1-2H3;3*1H;/q;;;;+3/p-3. The van der Waals surface area contributed by atoms with Gasteiger partial charge in [0.05, 0.1) is 0 Å². The summed E-state index contributed by atoms with van der Waals surface area (Å²) in [7, 11) is 0. The van der Waals surface area contributed by atoms with Crippen LogP contribution in [0.2, 0.25) is 0 Å². The number of rotatable bonds is 3. The second-order valence-electron chi connectivity index (χ2n) is 5.78. The molecule has 4 heteroatoms. The summed E-state index contributed by atoms with van der Waals surface area (Å²) >= 11 is 2.22. The van der Waals surface area contributed by atoms with Crippen molar-refractivity contribution in [2.45, 2.75) is 25.7 Å². The summed E-state index contributed by atoms with van der Waals surface area (Å²) in [5.74, 6) is 0. The topological polar surface area (TPSA) is 0 Å². The molecule has 0 unspecified atom stereocenters. The maximum Gasteiger partial charge on any atom is -1.00 e. The van der Waals surface area contributed by atoms with Crippen LogP contribution in [0.15, 0.2) is 81.8 Å². The fraction of sp³-hybridized carbons (Fsp3) is 0.200. The van der Waals surface area contributed by atoms with Crippen LogP contribution in [0.5, 0.6) is 0 Å². The molecule has 0 N–H and O–H groups in total. The summed E-state index contributed by atoms with van der Waals surface area (Å²) in [5.41, 5.74) is 5.66. The molecule has 2 aromatic carbocycles. The van der Waals surface area contributed by atoms with Crippen molar-refractivity contribution in [2.75, 3.05) is 0 Å². The Morgan fingerprint density at radius 2 is 1.21 bits per heavy atom. The molecule has 0 heterocycles. The van der Waals surface area contributed by atoms with Crippen LogP contribution in [0.4, 0.5) is 0 Å². The second-order valence-corrected chi connectivity index (χ2v) is 6.62. The zero-order valence-electron chi connectivity index (χ0n) is 13.7. The Morgan fingerprint density at radius 3 is 1.54 bits per heavy atom. The second kappa shape index (κ2) is 9.85. The van der Waals surface area contributed by atoms with E-state index in [4.69, 9.17) is 0 Å². The van der Waals surface area contributed by atoms with Gasteiger partial charge in [0.15, 0.2) is 0 Å². The van der Waals surface area contributed by atoms with Gasteiger partial charge in [0.25, 0.3) is 0 Å². The van der Waals surface area contributed by atoms with Crippen LogP contribution in [0.3, 0.4) is 0 Å². The Hall–Kier alpha value is -0.496. The van der Waals surface area contributed by atoms with Gasteiger partial charge in [-0.25, -0.2) is 0 Å². The largest absolute Gasteiger partial charge is 1.00 e. The third-order valence-corrected chi connectivity index (χ3v) is 5.58. The van der Waals surface area contributed by atoms with Gasteiger partial charge in [0.1, 0.15) is 0 Å². The molecule has 0 saturated heterocycles. The summed E-state index contributed by atoms with van der Waals surface area (Å²) in [6.07, 6.45) is 3.41. The molecule has 0 amide bonds. The zero-order valence-corrected chi connectivity index (χ0v) is 17.5. The average Bonchev–Trinajstić information content (AvgIpc) is 2.88. The van der Waals surface area contributed by atoms with E-state index in [-0.39, 0.29) is 42.6 Å². The van der Waals surface area contributed by atoms with E-state index in [1.165, 1.54) is 26.2 Å². The summed E-state index contributed by atoms with van der Waals surface area (Å²) in [5, 5.41) is 0. The molecule has 1 aliphatic rings. The van der Waals surface area contributed by atoms with E-state index >= 15 is 0 Å². The summed E-state index contributed by atoms with van der Waals surface area (Å²) < 4.78 is 1.42. The number of allylic oxidation sites excluding steroid dienone is 4. The molecular formula is C20H19Cl3Ti. The predicted molar refractivity (Wildman–Crippen MR) is 84.7 cm³/mol. The van der Waals surface area contributed by atoms with Crippen LogP contribution in [-0.2, 0) is 25.9 Å². The monoisotopic (exact) mass is 412 g/mol. The molecule has 2 aromatic rings. The van der Waals surface area contributed by atoms with E-state index in [9.17, 15) is 0 Å². The predicted octanol–water partition coefficient (Wildman–Crippen LogP) is -3.84. The van der Waals surface area contributed by atoms with Crippen molar-refractivity contribution >= 4 is 0 Å². The van der Waals surface area contributed by atoms with Gasteiger partial charge < -0.3 is 37.2 Å². The minimum absolute atomic E-state index is 0. The van der Waals surface area contributed by atoms with Gasteiger partial charge >= 0.3 is 139 Å². The van der Waals surface area contributed by atoms with Gasteiger partial charge in [0, 0.05) is 0 Å². The van der Waals surface area contributed by atoms with Crippen LogP contribution in [-0.4, -0.2) is 0 Å². The van der Waals surface area contributed by atoms with Crippen molar-refractivity contribution < 1.29 is 57.7 Å². The summed E-state index contributed by atoms with van der Waals surface area (Å²) in [6.45, 7) is 4.63. The van der Waals surface area contributed by atoms with E-state index in [1.54, 1.807) is 0 Å². The van der Waals surface area contributed by atoms with Crippen LogP contribution in [0, 0.1) is 0 Å². The minimum atomic E-state index is -0.0547. The molecule has 0 saturated carbocycles. The molecule has 0 bridgehead atoms. The Labute approximate surface area is 175 Å². The molecule has 0 aromatic heterocycles. The van der Waals surface area contributed by atoms with Gasteiger partial charge in [-0.15, -0.1) is 0 Å². The van der Waals surface area contributed by atoms with Gasteiger partial charge in [-0.1, -0.05) is 0 Å². The summed E-state index contributed by atoms with van der Waals surface area (Å²) in [6, 6.07) is 21.7. The maximum atomic E-state index is 2.36. The van der Waals surface area contributed by atoms with Crippen LogP contribution >= 0.6 is 0 Å². The Balaban J connectivity index is 0.00000176. The van der Waals surface area contributed by atoms with Crippen LogP contribution in [0.25, 0.3) is 0 Å². The smallest absolute Gasteiger partial charge is 1.00 e. The fourth-order valence-electron chi connectivity index (χ4n) is 3.31. The van der Waals surface area contributed by atoms with Crippen molar-refractivity contribution in [3.8, 4) is 0 Å². The molecule has 24 heavy (non-hydrogen) atoms. The number of hydrogen-bond donors (Lipinski definition) is 0. The van der Waals surface area contributed by atoms with E-state index < -0.39 is 0 Å². The zero-order chi connectivity index (χ0) is 14.9. The number of benzene rings is 2. The normalized spacial score (nSPS) is 13.4. The summed E-state index contributed by atoms with van der Waals surface area (Å²) in [4.78, 5) is 0. The molecule has 124 valence electrons. The molecule has 0 nitrogen and oxygen atoms in total. The number of halogens is 3. The third-order valence-electron chi connectivity index (χ3n) is 4.67. The number of hydrogen-bond acceptors (Lipinski definition) is 0. The van der Waals surface area contributed by atoms with Gasteiger partial charge in [-0.3, -0.25) is 0 Å². The van der Waals surface area contributed by atoms with Gasteiger partial charge in [-0.05, 0) is 0 Å². The van der Waals surface area contributed by atoms with E-state index in [0.717, 1.165) is 6.42 Å². The Morgan fingerprint density at radius 1 is 0.792 bits per heavy atom. The van der Waals surface area contributed by atoms with Gasteiger partial charge in [-0.2, -0.15) is 0 Å². The van der Waals surface area contributed by atoms with Crippen molar-refractivity contribution in [1.29, 1.82) is 0 Å². The fourth-order valence-corrected chi connectivity index (χ4v) is 3.71. The first-order valence-electron chi connectivity index (χ1n) is 7.37. The molecule has 0 radical (unpaired) electrons. The molecular weight excluding hydrogens is 394 g/mol. The van der Waals surface area contributed by atoms with Crippen LogP contribution in [0.1, 0.15) is 31.4 Å². The average molecular weight is 414 g/mol. The van der Waals surface area contributed by atoms with Crippen molar-refractivity contribution in [3.05, 3.63) is 92.9 Å². The van der Waals surface area contributed by atoms with Gasteiger partial charge in [0.2, 0.25) is 0 Å².